The van der Waals surface area contributed by atoms with Gasteiger partial charge in [-0.2, -0.15) is 0 Å². The van der Waals surface area contributed by atoms with Gasteiger partial charge in [0.25, 0.3) is 0 Å². The highest BCUT2D eigenvalue weighted by Crippen LogP contribution is 2.36. The molecular weight excluding hydrogens is 506 g/mol. The summed E-state index contributed by atoms with van der Waals surface area (Å²) < 4.78 is 36.9. The number of sulfonamides is 1. The molecule has 196 valence electrons. The molecule has 1 atom stereocenters. The molecular formula is C25H32ClN3O6S. The van der Waals surface area contributed by atoms with Crippen molar-refractivity contribution in [1.29, 1.82) is 0 Å². The van der Waals surface area contributed by atoms with Crippen LogP contribution in [0.4, 0.5) is 5.69 Å². The van der Waals surface area contributed by atoms with Gasteiger partial charge in [-0.1, -0.05) is 23.7 Å². The van der Waals surface area contributed by atoms with Gasteiger partial charge < -0.3 is 19.7 Å². The maximum atomic E-state index is 13.3. The summed E-state index contributed by atoms with van der Waals surface area (Å²) in [6, 6.07) is 11.2. The molecule has 2 aromatic carbocycles. The number of nitrogens with one attached hydrogen (secondary N) is 1. The summed E-state index contributed by atoms with van der Waals surface area (Å²) in [6.07, 6.45) is 1.43. The first-order valence-electron chi connectivity index (χ1n) is 11.7. The van der Waals surface area contributed by atoms with Crippen LogP contribution in [-0.4, -0.2) is 56.8 Å². The highest BCUT2D eigenvalue weighted by atomic mass is 35.5. The SMILES string of the molecule is CC(C)NC(=O)[C@H](C)N(Cc1ccc(Cl)cc1)C(=O)CCCN(c1ccc2c(c1)OCO2)S(C)(=O)=O. The lowest BCUT2D eigenvalue weighted by Gasteiger charge is -2.30. The minimum absolute atomic E-state index is 0.0590. The van der Waals surface area contributed by atoms with Crippen molar-refractivity contribution in [2.24, 2.45) is 0 Å². The van der Waals surface area contributed by atoms with Crippen molar-refractivity contribution >= 4 is 39.1 Å². The number of carbonyl (C=O) groups excluding carboxylic acids is 2. The molecule has 0 saturated heterocycles. The molecule has 2 amide bonds. The largest absolute Gasteiger partial charge is 0.454 e. The third-order valence-corrected chi connectivity index (χ3v) is 7.11. The van der Waals surface area contributed by atoms with Crippen LogP contribution in [0.1, 0.15) is 39.2 Å². The number of fused-ring (bicyclic) bond motifs is 1. The third kappa shape index (κ3) is 7.27. The van der Waals surface area contributed by atoms with Gasteiger partial charge in [-0.3, -0.25) is 13.9 Å². The maximum absolute atomic E-state index is 13.3. The Morgan fingerprint density at radius 3 is 2.36 bits per heavy atom. The smallest absolute Gasteiger partial charge is 0.242 e. The number of hydrogen-bond donors (Lipinski definition) is 1. The number of nitrogens with zero attached hydrogens (tertiary/aromatic N) is 2. The quantitative estimate of drug-likeness (QED) is 0.470. The van der Waals surface area contributed by atoms with E-state index in [4.69, 9.17) is 21.1 Å². The Hall–Kier alpha value is -2.98. The zero-order valence-corrected chi connectivity index (χ0v) is 22.4. The van der Waals surface area contributed by atoms with Crippen LogP contribution in [-0.2, 0) is 26.2 Å². The molecule has 0 aliphatic carbocycles. The number of anilines is 1. The number of benzene rings is 2. The zero-order chi connectivity index (χ0) is 26.5. The van der Waals surface area contributed by atoms with Crippen LogP contribution < -0.4 is 19.1 Å². The Morgan fingerprint density at radius 2 is 1.72 bits per heavy atom. The molecule has 0 spiro atoms. The second-order valence-corrected chi connectivity index (χ2v) is 11.3. The number of halogens is 1. The van der Waals surface area contributed by atoms with Gasteiger partial charge in [-0.05, 0) is 57.0 Å². The van der Waals surface area contributed by atoms with Crippen molar-refractivity contribution in [3.63, 3.8) is 0 Å². The van der Waals surface area contributed by atoms with E-state index in [1.165, 1.54) is 9.21 Å². The molecule has 11 heteroatoms. The molecule has 0 bridgehead atoms. The summed E-state index contributed by atoms with van der Waals surface area (Å²) >= 11 is 5.98. The summed E-state index contributed by atoms with van der Waals surface area (Å²) in [5, 5.41) is 3.42. The van der Waals surface area contributed by atoms with Crippen LogP contribution in [0.2, 0.25) is 5.02 Å². The Balaban J connectivity index is 1.72. The van der Waals surface area contributed by atoms with Gasteiger partial charge in [0.05, 0.1) is 11.9 Å². The first-order chi connectivity index (χ1) is 17.0. The van der Waals surface area contributed by atoms with Gasteiger partial charge in [0.1, 0.15) is 6.04 Å². The predicted octanol–water partition coefficient (Wildman–Crippen LogP) is 3.56. The summed E-state index contributed by atoms with van der Waals surface area (Å²) in [4.78, 5) is 27.5. The number of hydrogen-bond acceptors (Lipinski definition) is 6. The van der Waals surface area contributed by atoms with E-state index in [9.17, 15) is 18.0 Å². The molecule has 0 radical (unpaired) electrons. The topological polar surface area (TPSA) is 105 Å². The lowest BCUT2D eigenvalue weighted by molar-refractivity contribution is -0.140. The van der Waals surface area contributed by atoms with E-state index in [0.29, 0.717) is 22.2 Å². The molecule has 1 aliphatic heterocycles. The van der Waals surface area contributed by atoms with Crippen molar-refractivity contribution in [3.05, 3.63) is 53.1 Å². The van der Waals surface area contributed by atoms with E-state index in [-0.39, 0.29) is 50.6 Å². The second kappa shape index (κ2) is 11.8. The van der Waals surface area contributed by atoms with Crippen molar-refractivity contribution < 1.29 is 27.5 Å². The van der Waals surface area contributed by atoms with Crippen molar-refractivity contribution in [2.75, 3.05) is 23.9 Å². The molecule has 36 heavy (non-hydrogen) atoms. The Bertz CT molecular complexity index is 1190. The van der Waals surface area contributed by atoms with Crippen LogP contribution in [0, 0.1) is 0 Å². The molecule has 0 fully saturated rings. The molecule has 0 aromatic heterocycles. The van der Waals surface area contributed by atoms with Crippen molar-refractivity contribution in [3.8, 4) is 11.5 Å². The average Bonchev–Trinajstić information content (AvgIpc) is 3.27. The predicted molar refractivity (Wildman–Crippen MR) is 139 cm³/mol. The van der Waals surface area contributed by atoms with Gasteiger partial charge in [-0.15, -0.1) is 0 Å². The van der Waals surface area contributed by atoms with Gasteiger partial charge >= 0.3 is 0 Å². The number of amides is 2. The fourth-order valence-corrected chi connectivity index (χ4v) is 4.90. The van der Waals surface area contributed by atoms with Gasteiger partial charge in [-0.25, -0.2) is 8.42 Å². The first-order valence-corrected chi connectivity index (χ1v) is 13.9. The molecule has 1 N–H and O–H groups in total. The lowest BCUT2D eigenvalue weighted by Crippen LogP contribution is -2.49. The monoisotopic (exact) mass is 537 g/mol. The van der Waals surface area contributed by atoms with Crippen LogP contribution in [0.5, 0.6) is 11.5 Å². The van der Waals surface area contributed by atoms with Gasteiger partial charge in [0.2, 0.25) is 28.6 Å². The van der Waals surface area contributed by atoms with E-state index in [1.807, 2.05) is 13.8 Å². The average molecular weight is 538 g/mol. The molecule has 1 aliphatic rings. The van der Waals surface area contributed by atoms with Crippen molar-refractivity contribution in [2.45, 2.75) is 52.2 Å². The molecule has 3 rings (SSSR count). The molecule has 0 unspecified atom stereocenters. The number of ether oxygens (including phenoxy) is 2. The summed E-state index contributed by atoms with van der Waals surface area (Å²) in [6.45, 7) is 5.78. The van der Waals surface area contributed by atoms with E-state index in [1.54, 1.807) is 49.4 Å². The zero-order valence-electron chi connectivity index (χ0n) is 20.9. The van der Waals surface area contributed by atoms with E-state index >= 15 is 0 Å². The molecule has 1 heterocycles. The summed E-state index contributed by atoms with van der Waals surface area (Å²) in [7, 11) is -3.61. The molecule has 9 nitrogen and oxygen atoms in total. The van der Waals surface area contributed by atoms with Gasteiger partial charge in [0.15, 0.2) is 11.5 Å². The van der Waals surface area contributed by atoms with Crippen LogP contribution in [0.3, 0.4) is 0 Å². The van der Waals surface area contributed by atoms with Crippen LogP contribution in [0.25, 0.3) is 0 Å². The highest BCUT2D eigenvalue weighted by Gasteiger charge is 2.27. The summed E-state index contributed by atoms with van der Waals surface area (Å²) in [5.74, 6) is 0.506. The van der Waals surface area contributed by atoms with Crippen LogP contribution in [0.15, 0.2) is 42.5 Å². The normalized spacial score (nSPS) is 13.4. The Labute approximate surface area is 217 Å². The van der Waals surface area contributed by atoms with E-state index < -0.39 is 16.1 Å². The van der Waals surface area contributed by atoms with Gasteiger partial charge in [0, 0.05) is 36.6 Å². The minimum Gasteiger partial charge on any atom is -0.454 e. The summed E-state index contributed by atoms with van der Waals surface area (Å²) in [5.41, 5.74) is 1.26. The number of carbonyl (C=O) groups is 2. The highest BCUT2D eigenvalue weighted by molar-refractivity contribution is 7.92. The van der Waals surface area contributed by atoms with Crippen molar-refractivity contribution in [1.82, 2.24) is 10.2 Å². The first kappa shape index (κ1) is 27.6. The van der Waals surface area contributed by atoms with Crippen LogP contribution >= 0.6 is 11.6 Å². The Kier molecular flexibility index (Phi) is 9.08. The number of rotatable bonds is 11. The third-order valence-electron chi connectivity index (χ3n) is 5.66. The lowest BCUT2D eigenvalue weighted by atomic mass is 10.1. The fraction of sp³-hybridized carbons (Fsp3) is 0.440. The van der Waals surface area contributed by atoms with E-state index in [0.717, 1.165) is 11.8 Å². The molecule has 2 aromatic rings. The standard InChI is InChI=1S/C25H32ClN3O6S/c1-17(2)27-25(31)18(3)28(15-19-7-9-20(26)10-8-19)24(30)6-5-13-29(36(4,32)33)21-11-12-22-23(14-21)35-16-34-22/h7-12,14,17-18H,5-6,13,15-16H2,1-4H3,(H,27,31)/t18-/m0/s1. The molecule has 0 saturated carbocycles. The minimum atomic E-state index is -3.61. The fourth-order valence-electron chi connectivity index (χ4n) is 3.82. The van der Waals surface area contributed by atoms with E-state index in [2.05, 4.69) is 5.32 Å². The second-order valence-electron chi connectivity index (χ2n) is 8.96. The maximum Gasteiger partial charge on any atom is 0.242 e. The Morgan fingerprint density at radius 1 is 1.06 bits per heavy atom.